The van der Waals surface area contributed by atoms with Gasteiger partial charge in [-0.2, -0.15) is 0 Å². The molecule has 0 bridgehead atoms. The van der Waals surface area contributed by atoms with Crippen LogP contribution in [0.2, 0.25) is 0 Å². The number of fused-ring (bicyclic) bond motifs is 6. The highest BCUT2D eigenvalue weighted by molar-refractivity contribution is 6.04. The second-order valence-electron chi connectivity index (χ2n) is 12.7. The summed E-state index contributed by atoms with van der Waals surface area (Å²) >= 11 is 0. The van der Waals surface area contributed by atoms with E-state index < -0.39 is 34.2 Å². The Morgan fingerprint density at radius 1 is 0.760 bits per heavy atom. The number of aromatic nitrogens is 2. The van der Waals surface area contributed by atoms with E-state index in [1.54, 1.807) is 55.8 Å². The first-order valence-electron chi connectivity index (χ1n) is 15.7. The molecule has 4 N–H and O–H groups in total. The monoisotopic (exact) mass is 684 g/mol. The van der Waals surface area contributed by atoms with Gasteiger partial charge in [0.05, 0.1) is 90.7 Å². The Morgan fingerprint density at radius 2 is 1.36 bits per heavy atom. The normalized spacial score (nSPS) is 15.8. The fourth-order valence-corrected chi connectivity index (χ4v) is 7.46. The van der Waals surface area contributed by atoms with Crippen LogP contribution in [0, 0.1) is 0 Å². The largest absolute Gasteiger partial charge is 0.507 e. The van der Waals surface area contributed by atoms with E-state index in [2.05, 4.69) is 4.98 Å². The Kier molecular flexibility index (Phi) is 7.44. The first kappa shape index (κ1) is 32.7. The van der Waals surface area contributed by atoms with Gasteiger partial charge in [-0.15, -0.1) is 0 Å². The SMILES string of the molecule is COc1cc2[nH]c3c(OC)c(OC)ccc3c(=O)c2c(O)c1[C@@H]1c2c(cc(O)c3c(=O)c4ccc(OC)c(OC)c4n(C)c23)O[C@H]1C(C)(C)O. The van der Waals surface area contributed by atoms with Gasteiger partial charge in [-0.3, -0.25) is 9.59 Å². The van der Waals surface area contributed by atoms with Crippen LogP contribution in [0.3, 0.4) is 0 Å². The molecular formula is C37H36N2O11. The Bertz CT molecular complexity index is 2530. The maximum atomic E-state index is 14.2. The topological polar surface area (TPSA) is 171 Å². The maximum absolute atomic E-state index is 14.2. The van der Waals surface area contributed by atoms with Crippen LogP contribution < -0.4 is 39.3 Å². The molecule has 1 aliphatic heterocycles. The molecule has 0 radical (unpaired) electrons. The van der Waals surface area contributed by atoms with Crippen molar-refractivity contribution in [3.05, 3.63) is 68.0 Å². The van der Waals surface area contributed by atoms with Gasteiger partial charge < -0.3 is 53.3 Å². The van der Waals surface area contributed by atoms with Crippen LogP contribution in [0.25, 0.3) is 43.6 Å². The number of aromatic amines is 1. The molecular weight excluding hydrogens is 648 g/mol. The van der Waals surface area contributed by atoms with Crippen LogP contribution in [0.1, 0.15) is 30.9 Å². The van der Waals surface area contributed by atoms with Crippen LogP contribution >= 0.6 is 0 Å². The number of aromatic hydroxyl groups is 2. The predicted molar refractivity (Wildman–Crippen MR) is 187 cm³/mol. The number of hydrogen-bond acceptors (Lipinski definition) is 11. The molecule has 13 nitrogen and oxygen atoms in total. The van der Waals surface area contributed by atoms with Crippen LogP contribution in [0.5, 0.6) is 46.0 Å². The number of nitrogens with zero attached hydrogens (tertiary/aromatic N) is 1. The summed E-state index contributed by atoms with van der Waals surface area (Å²) in [5, 5.41) is 35.6. The lowest BCUT2D eigenvalue weighted by molar-refractivity contribution is -0.0300. The van der Waals surface area contributed by atoms with Crippen molar-refractivity contribution in [2.24, 2.45) is 7.05 Å². The number of phenolic OH excluding ortho intramolecular Hbond substituents is 2. The molecule has 0 spiro atoms. The number of hydrogen-bond donors (Lipinski definition) is 4. The van der Waals surface area contributed by atoms with Crippen molar-refractivity contribution in [3.63, 3.8) is 0 Å². The molecule has 0 amide bonds. The summed E-state index contributed by atoms with van der Waals surface area (Å²) in [4.78, 5) is 31.6. The number of aliphatic hydroxyl groups is 1. The van der Waals surface area contributed by atoms with Crippen LogP contribution in [-0.4, -0.2) is 72.1 Å². The lowest BCUT2D eigenvalue weighted by Crippen LogP contribution is -2.42. The van der Waals surface area contributed by atoms with Crippen LogP contribution in [-0.2, 0) is 7.05 Å². The minimum atomic E-state index is -1.56. The van der Waals surface area contributed by atoms with E-state index in [0.717, 1.165) is 0 Å². The second kappa shape index (κ2) is 11.4. The zero-order chi connectivity index (χ0) is 36.0. The van der Waals surface area contributed by atoms with Gasteiger partial charge in [-0.05, 0) is 38.1 Å². The second-order valence-corrected chi connectivity index (χ2v) is 12.7. The fourth-order valence-electron chi connectivity index (χ4n) is 7.46. The Morgan fingerprint density at radius 3 is 1.96 bits per heavy atom. The zero-order valence-corrected chi connectivity index (χ0v) is 28.7. The molecule has 3 heterocycles. The summed E-state index contributed by atoms with van der Waals surface area (Å²) in [6.45, 7) is 3.09. The number of nitrogens with one attached hydrogen (secondary N) is 1. The quantitative estimate of drug-likeness (QED) is 0.170. The smallest absolute Gasteiger partial charge is 0.201 e. The maximum Gasteiger partial charge on any atom is 0.201 e. The van der Waals surface area contributed by atoms with E-state index in [4.69, 9.17) is 28.4 Å². The van der Waals surface area contributed by atoms with Gasteiger partial charge >= 0.3 is 0 Å². The first-order chi connectivity index (χ1) is 23.8. The third kappa shape index (κ3) is 4.35. The first-order valence-corrected chi connectivity index (χ1v) is 15.7. The highest BCUT2D eigenvalue weighted by atomic mass is 16.5. The Balaban J connectivity index is 1.65. The van der Waals surface area contributed by atoms with E-state index in [0.29, 0.717) is 33.8 Å². The molecule has 0 unspecified atom stereocenters. The predicted octanol–water partition coefficient (Wildman–Crippen LogP) is 4.80. The number of pyridine rings is 2. The van der Waals surface area contributed by atoms with Crippen molar-refractivity contribution >= 4 is 43.6 Å². The van der Waals surface area contributed by atoms with E-state index in [1.807, 2.05) is 0 Å². The number of aryl methyl sites for hydroxylation is 1. The van der Waals surface area contributed by atoms with Gasteiger partial charge in [0, 0.05) is 30.3 Å². The highest BCUT2D eigenvalue weighted by Gasteiger charge is 2.48. The van der Waals surface area contributed by atoms with Crippen LogP contribution in [0.15, 0.2) is 46.0 Å². The molecule has 50 heavy (non-hydrogen) atoms. The zero-order valence-electron chi connectivity index (χ0n) is 28.7. The minimum absolute atomic E-state index is 0.0138. The molecule has 0 saturated carbocycles. The Labute approximate surface area is 284 Å². The number of ether oxygens (including phenoxy) is 6. The molecule has 4 aromatic carbocycles. The molecule has 1 aliphatic rings. The molecule has 0 aliphatic carbocycles. The molecule has 2 aromatic heterocycles. The molecule has 6 aromatic rings. The van der Waals surface area contributed by atoms with Crippen LogP contribution in [0.4, 0.5) is 0 Å². The average molecular weight is 685 g/mol. The fraction of sp³-hybridized carbons (Fsp3) is 0.297. The molecule has 13 heteroatoms. The molecule has 260 valence electrons. The molecule has 0 fully saturated rings. The molecule has 7 rings (SSSR count). The molecule has 2 atom stereocenters. The van der Waals surface area contributed by atoms with E-state index in [9.17, 15) is 24.9 Å². The summed E-state index contributed by atoms with van der Waals surface area (Å²) in [5.74, 6) is -0.100. The number of H-pyrrole nitrogens is 1. The van der Waals surface area contributed by atoms with Gasteiger partial charge in [0.15, 0.2) is 23.0 Å². The lowest BCUT2D eigenvalue weighted by Gasteiger charge is -2.31. The van der Waals surface area contributed by atoms with Crippen molar-refractivity contribution < 1.29 is 43.7 Å². The van der Waals surface area contributed by atoms with Gasteiger partial charge in [-0.1, -0.05) is 0 Å². The number of phenols is 2. The number of methoxy groups -OCH3 is 5. The standard InChI is InChI=1S/C37H36N2O11/c1-37(2,44)36-27(26-21(47-6)13-17-23(33(26)43)31(41)15-9-11-19(45-4)34(48-7)28(15)38-17)25-22(50-36)14-18(40)24-30(25)39(3)29-16(32(24)42)10-12-20(46-5)35(29)49-8/h9-14,27,36,40,43-44H,1-8H3,(H,38,41)/t27-,36+/m0/s1. The third-order valence-electron chi connectivity index (χ3n) is 9.62. The summed E-state index contributed by atoms with van der Waals surface area (Å²) in [7, 11) is 9.00. The third-order valence-corrected chi connectivity index (χ3v) is 9.62. The summed E-state index contributed by atoms with van der Waals surface area (Å²) < 4.78 is 36.2. The summed E-state index contributed by atoms with van der Waals surface area (Å²) in [5.41, 5.74) is -0.805. The molecule has 0 saturated heterocycles. The summed E-state index contributed by atoms with van der Waals surface area (Å²) in [6, 6.07) is 9.29. The van der Waals surface area contributed by atoms with Crippen molar-refractivity contribution in [2.75, 3.05) is 35.5 Å². The van der Waals surface area contributed by atoms with Gasteiger partial charge in [0.2, 0.25) is 10.9 Å². The van der Waals surface area contributed by atoms with Gasteiger partial charge in [-0.25, -0.2) is 0 Å². The summed E-state index contributed by atoms with van der Waals surface area (Å²) in [6.07, 6.45) is -1.10. The van der Waals surface area contributed by atoms with Gasteiger partial charge in [0.25, 0.3) is 0 Å². The van der Waals surface area contributed by atoms with E-state index in [-0.39, 0.29) is 61.1 Å². The van der Waals surface area contributed by atoms with Gasteiger partial charge in [0.1, 0.15) is 29.1 Å². The number of benzene rings is 4. The highest BCUT2D eigenvalue weighted by Crippen LogP contribution is 2.55. The van der Waals surface area contributed by atoms with Crippen molar-refractivity contribution in [1.82, 2.24) is 9.55 Å². The Hall–Kier alpha value is -5.82. The van der Waals surface area contributed by atoms with E-state index >= 15 is 0 Å². The van der Waals surface area contributed by atoms with Crippen molar-refractivity contribution in [2.45, 2.75) is 31.5 Å². The average Bonchev–Trinajstić information content (AvgIpc) is 3.47. The minimum Gasteiger partial charge on any atom is -0.507 e. The van der Waals surface area contributed by atoms with Crippen molar-refractivity contribution in [3.8, 4) is 46.0 Å². The van der Waals surface area contributed by atoms with Crippen molar-refractivity contribution in [1.29, 1.82) is 0 Å². The lowest BCUT2D eigenvalue weighted by atomic mass is 9.79. The van der Waals surface area contributed by atoms with E-state index in [1.165, 1.54) is 41.6 Å². The number of rotatable bonds is 7.